The van der Waals surface area contributed by atoms with Gasteiger partial charge in [-0.15, -0.1) is 24.0 Å². The molecule has 3 rings (SSSR count). The van der Waals surface area contributed by atoms with Crippen LogP contribution in [0.4, 0.5) is 0 Å². The molecule has 180 valence electrons. The minimum Gasteiger partial charge on any atom is -0.467 e. The van der Waals surface area contributed by atoms with Gasteiger partial charge in [-0.25, -0.2) is 0 Å². The molecule has 0 atom stereocenters. The quantitative estimate of drug-likeness (QED) is 0.217. The number of benzene rings is 2. The molecule has 3 aromatic rings. The molecular weight excluding hydrogens is 545 g/mol. The fraction of sp³-hybridized carbons (Fsp3) is 0.240. The fourth-order valence-electron chi connectivity index (χ4n) is 3.12. The number of nitrogens with one attached hydrogen (secondary N) is 3. The van der Waals surface area contributed by atoms with E-state index in [-0.39, 0.29) is 35.8 Å². The standard InChI is InChI=1S/C25H29N5O3.HI/c1-26-25(28-15-18-9-11-20(12-10-18)24(32)30(2)3)29-16-19-6-4-7-21(14-19)23(31)27-17-22-8-5-13-33-22;/h4-14H,15-17H2,1-3H3,(H,27,31)(H2,26,28,29);1H. The first-order valence-electron chi connectivity index (χ1n) is 10.6. The zero-order valence-electron chi connectivity index (χ0n) is 19.5. The average molecular weight is 575 g/mol. The minimum atomic E-state index is -0.160. The van der Waals surface area contributed by atoms with Gasteiger partial charge in [0.15, 0.2) is 5.96 Å². The molecule has 34 heavy (non-hydrogen) atoms. The van der Waals surface area contributed by atoms with E-state index in [1.165, 1.54) is 0 Å². The summed E-state index contributed by atoms with van der Waals surface area (Å²) in [7, 11) is 5.17. The third-order valence-corrected chi connectivity index (χ3v) is 4.94. The molecule has 2 aromatic carbocycles. The molecule has 2 amide bonds. The van der Waals surface area contributed by atoms with Crippen LogP contribution in [0.25, 0.3) is 0 Å². The molecule has 0 radical (unpaired) electrons. The number of nitrogens with zero attached hydrogens (tertiary/aromatic N) is 2. The summed E-state index contributed by atoms with van der Waals surface area (Å²) in [6, 6.07) is 18.5. The van der Waals surface area contributed by atoms with Gasteiger partial charge in [0.2, 0.25) is 0 Å². The van der Waals surface area contributed by atoms with Crippen molar-refractivity contribution >= 4 is 41.8 Å². The number of rotatable bonds is 8. The van der Waals surface area contributed by atoms with Crippen molar-refractivity contribution in [2.45, 2.75) is 19.6 Å². The van der Waals surface area contributed by atoms with Crippen molar-refractivity contribution in [2.75, 3.05) is 21.1 Å². The van der Waals surface area contributed by atoms with Crippen molar-refractivity contribution in [3.63, 3.8) is 0 Å². The van der Waals surface area contributed by atoms with Crippen LogP contribution < -0.4 is 16.0 Å². The molecule has 0 aliphatic heterocycles. The number of carbonyl (C=O) groups is 2. The first-order valence-corrected chi connectivity index (χ1v) is 10.6. The summed E-state index contributed by atoms with van der Waals surface area (Å²) >= 11 is 0. The average Bonchev–Trinajstić information content (AvgIpc) is 3.36. The normalized spacial score (nSPS) is 10.7. The molecule has 9 heteroatoms. The maximum Gasteiger partial charge on any atom is 0.253 e. The van der Waals surface area contributed by atoms with Gasteiger partial charge in [-0.2, -0.15) is 0 Å². The van der Waals surface area contributed by atoms with Gasteiger partial charge in [0.05, 0.1) is 12.8 Å². The van der Waals surface area contributed by atoms with Crippen LogP contribution in [0.1, 0.15) is 37.6 Å². The molecule has 1 heterocycles. The van der Waals surface area contributed by atoms with Gasteiger partial charge in [0.1, 0.15) is 5.76 Å². The second-order valence-corrected chi connectivity index (χ2v) is 7.64. The second-order valence-electron chi connectivity index (χ2n) is 7.64. The van der Waals surface area contributed by atoms with Crippen molar-refractivity contribution in [2.24, 2.45) is 4.99 Å². The van der Waals surface area contributed by atoms with Crippen molar-refractivity contribution in [3.8, 4) is 0 Å². The summed E-state index contributed by atoms with van der Waals surface area (Å²) in [6.45, 7) is 1.41. The van der Waals surface area contributed by atoms with E-state index in [4.69, 9.17) is 4.42 Å². The molecule has 0 saturated carbocycles. The van der Waals surface area contributed by atoms with Gasteiger partial charge >= 0.3 is 0 Å². The van der Waals surface area contributed by atoms with Crippen LogP contribution in [0.15, 0.2) is 76.3 Å². The van der Waals surface area contributed by atoms with E-state index < -0.39 is 0 Å². The van der Waals surface area contributed by atoms with Crippen molar-refractivity contribution in [3.05, 3.63) is 94.9 Å². The van der Waals surface area contributed by atoms with E-state index in [9.17, 15) is 9.59 Å². The van der Waals surface area contributed by atoms with E-state index in [0.29, 0.717) is 42.5 Å². The number of hydrogen-bond donors (Lipinski definition) is 3. The Labute approximate surface area is 216 Å². The summed E-state index contributed by atoms with van der Waals surface area (Å²) in [5.74, 6) is 1.15. The summed E-state index contributed by atoms with van der Waals surface area (Å²) in [4.78, 5) is 30.2. The Morgan fingerprint density at radius 2 is 1.56 bits per heavy atom. The van der Waals surface area contributed by atoms with Gasteiger partial charge in [0.25, 0.3) is 11.8 Å². The highest BCUT2D eigenvalue weighted by Gasteiger charge is 2.09. The highest BCUT2D eigenvalue weighted by molar-refractivity contribution is 14.0. The third kappa shape index (κ3) is 7.91. The Kier molecular flexibility index (Phi) is 10.6. The molecule has 0 spiro atoms. The fourth-order valence-corrected chi connectivity index (χ4v) is 3.12. The number of carbonyl (C=O) groups excluding carboxylic acids is 2. The lowest BCUT2D eigenvalue weighted by Gasteiger charge is -2.13. The Hall–Kier alpha value is -3.34. The van der Waals surface area contributed by atoms with Crippen molar-refractivity contribution in [1.82, 2.24) is 20.9 Å². The molecule has 1 aromatic heterocycles. The number of amides is 2. The van der Waals surface area contributed by atoms with E-state index in [2.05, 4.69) is 20.9 Å². The molecule has 0 unspecified atom stereocenters. The Balaban J connectivity index is 0.00000408. The van der Waals surface area contributed by atoms with Gasteiger partial charge in [-0.1, -0.05) is 24.3 Å². The summed E-state index contributed by atoms with van der Waals surface area (Å²) in [5, 5.41) is 9.35. The minimum absolute atomic E-state index is 0. The van der Waals surface area contributed by atoms with Crippen LogP contribution in [-0.2, 0) is 19.6 Å². The Morgan fingerprint density at radius 3 is 2.18 bits per heavy atom. The largest absolute Gasteiger partial charge is 0.467 e. The predicted octanol–water partition coefficient (Wildman–Crippen LogP) is 3.39. The number of furan rings is 1. The molecule has 0 aliphatic carbocycles. The highest BCUT2D eigenvalue weighted by atomic mass is 127. The molecule has 3 N–H and O–H groups in total. The van der Waals surface area contributed by atoms with Crippen LogP contribution in [0.3, 0.4) is 0 Å². The van der Waals surface area contributed by atoms with E-state index in [1.54, 1.807) is 44.4 Å². The van der Waals surface area contributed by atoms with Crippen LogP contribution in [0, 0.1) is 0 Å². The highest BCUT2D eigenvalue weighted by Crippen LogP contribution is 2.08. The van der Waals surface area contributed by atoms with Crippen LogP contribution in [0.2, 0.25) is 0 Å². The molecular formula is C25H30IN5O3. The van der Waals surface area contributed by atoms with Gasteiger partial charge in [-0.05, 0) is 47.5 Å². The van der Waals surface area contributed by atoms with Crippen LogP contribution in [-0.4, -0.2) is 43.8 Å². The maximum atomic E-state index is 12.4. The van der Waals surface area contributed by atoms with Gasteiger partial charge < -0.3 is 25.3 Å². The van der Waals surface area contributed by atoms with Crippen molar-refractivity contribution in [1.29, 1.82) is 0 Å². The number of aliphatic imine (C=N–C) groups is 1. The zero-order chi connectivity index (χ0) is 23.6. The summed E-state index contributed by atoms with van der Waals surface area (Å²) < 4.78 is 5.24. The Morgan fingerprint density at radius 1 is 0.853 bits per heavy atom. The number of hydrogen-bond acceptors (Lipinski definition) is 4. The topological polar surface area (TPSA) is 99.0 Å². The van der Waals surface area contributed by atoms with E-state index in [0.717, 1.165) is 11.1 Å². The van der Waals surface area contributed by atoms with E-state index in [1.807, 2.05) is 48.5 Å². The smallest absolute Gasteiger partial charge is 0.253 e. The lowest BCUT2D eigenvalue weighted by Crippen LogP contribution is -2.36. The van der Waals surface area contributed by atoms with Gasteiger partial charge in [0, 0.05) is 45.4 Å². The zero-order valence-corrected chi connectivity index (χ0v) is 21.8. The van der Waals surface area contributed by atoms with E-state index >= 15 is 0 Å². The Bertz CT molecular complexity index is 1100. The van der Waals surface area contributed by atoms with Crippen molar-refractivity contribution < 1.29 is 14.0 Å². The first-order chi connectivity index (χ1) is 16.0. The molecule has 0 bridgehead atoms. The SMILES string of the molecule is CN=C(NCc1ccc(C(=O)N(C)C)cc1)NCc1cccc(C(=O)NCc2ccco2)c1.I. The van der Waals surface area contributed by atoms with Crippen LogP contribution >= 0.6 is 24.0 Å². The number of guanidine groups is 1. The lowest BCUT2D eigenvalue weighted by atomic mass is 10.1. The van der Waals surface area contributed by atoms with Gasteiger partial charge in [-0.3, -0.25) is 14.6 Å². The first kappa shape index (κ1) is 26.9. The molecule has 0 fully saturated rings. The van der Waals surface area contributed by atoms with Crippen LogP contribution in [0.5, 0.6) is 0 Å². The summed E-state index contributed by atoms with van der Waals surface area (Å²) in [5.41, 5.74) is 3.22. The third-order valence-electron chi connectivity index (χ3n) is 4.94. The predicted molar refractivity (Wildman–Crippen MR) is 143 cm³/mol. The monoisotopic (exact) mass is 575 g/mol. The lowest BCUT2D eigenvalue weighted by molar-refractivity contribution is 0.0827. The molecule has 0 saturated heterocycles. The number of halogens is 1. The molecule has 0 aliphatic rings. The molecule has 8 nitrogen and oxygen atoms in total. The second kappa shape index (κ2) is 13.4. The summed E-state index contributed by atoms with van der Waals surface area (Å²) in [6.07, 6.45) is 1.58. The maximum absolute atomic E-state index is 12.4.